The van der Waals surface area contributed by atoms with Crippen molar-refractivity contribution in [3.05, 3.63) is 68.8 Å². The Labute approximate surface area is 193 Å². The first-order chi connectivity index (χ1) is 15.9. The van der Waals surface area contributed by atoms with E-state index < -0.39 is 11.4 Å². The van der Waals surface area contributed by atoms with E-state index in [9.17, 15) is 9.18 Å². The first-order valence-electron chi connectivity index (χ1n) is 9.88. The molecule has 0 amide bonds. The fraction of sp³-hybridized carbons (Fsp3) is 0.174. The molecule has 2 heterocycles. The van der Waals surface area contributed by atoms with Crippen LogP contribution in [0.1, 0.15) is 11.3 Å². The number of nitrogens with zero attached hydrogens (tertiary/aromatic N) is 3. The maximum Gasteiger partial charge on any atom is 0.264 e. The number of nitrogen functional groups attached to an aromatic ring is 1. The number of anilines is 1. The molecule has 2 aromatic carbocycles. The number of methoxy groups -OCH3 is 2. The Morgan fingerprint density at radius 2 is 1.91 bits per heavy atom. The first-order valence-corrected chi connectivity index (χ1v) is 10.3. The standard InChI is InChI=1S/C23H21ClFN5O3/c1-27-10-17-20(26)19(24)18(22-28-16-9-14(33-3)8-15(25)21(16)29-22)23(31)30(17)11-12-4-6-13(32-2)7-5-12/h4-10H,11,26H2,1-3H3,(H,28,29). The van der Waals surface area contributed by atoms with Gasteiger partial charge < -0.3 is 24.8 Å². The third kappa shape index (κ3) is 4.03. The summed E-state index contributed by atoms with van der Waals surface area (Å²) in [6, 6.07) is 10.1. The molecule has 0 unspecified atom stereocenters. The van der Waals surface area contributed by atoms with Crippen LogP contribution in [0, 0.1) is 5.82 Å². The van der Waals surface area contributed by atoms with Crippen LogP contribution in [0.2, 0.25) is 5.02 Å². The Morgan fingerprint density at radius 3 is 2.55 bits per heavy atom. The minimum absolute atomic E-state index is 0.00677. The fourth-order valence-corrected chi connectivity index (χ4v) is 3.82. The van der Waals surface area contributed by atoms with Gasteiger partial charge in [0.05, 0.1) is 42.7 Å². The van der Waals surface area contributed by atoms with Gasteiger partial charge in [0, 0.05) is 25.4 Å². The summed E-state index contributed by atoms with van der Waals surface area (Å²) < 4.78 is 26.3. The second-order valence-electron chi connectivity index (χ2n) is 7.21. The number of hydrogen-bond donors (Lipinski definition) is 2. The van der Waals surface area contributed by atoms with Gasteiger partial charge in [0.1, 0.15) is 28.4 Å². The monoisotopic (exact) mass is 469 g/mol. The lowest BCUT2D eigenvalue weighted by molar-refractivity contribution is 0.412. The molecule has 0 bridgehead atoms. The van der Waals surface area contributed by atoms with Crippen LogP contribution in [0.5, 0.6) is 11.5 Å². The van der Waals surface area contributed by atoms with E-state index in [4.69, 9.17) is 26.8 Å². The van der Waals surface area contributed by atoms with Gasteiger partial charge in [-0.3, -0.25) is 9.79 Å². The molecule has 0 aliphatic carbocycles. The van der Waals surface area contributed by atoms with Gasteiger partial charge in [0.2, 0.25) is 0 Å². The lowest BCUT2D eigenvalue weighted by Crippen LogP contribution is -2.28. The summed E-state index contributed by atoms with van der Waals surface area (Å²) in [5.74, 6) is 0.510. The average Bonchev–Trinajstić information content (AvgIpc) is 3.24. The Kier molecular flexibility index (Phi) is 6.06. The summed E-state index contributed by atoms with van der Waals surface area (Å²) >= 11 is 6.52. The lowest BCUT2D eigenvalue weighted by atomic mass is 10.1. The molecule has 0 fully saturated rings. The van der Waals surface area contributed by atoms with Crippen molar-refractivity contribution in [2.75, 3.05) is 27.0 Å². The number of H-pyrrole nitrogens is 1. The van der Waals surface area contributed by atoms with Gasteiger partial charge in [-0.05, 0) is 17.7 Å². The van der Waals surface area contributed by atoms with Crippen LogP contribution >= 0.6 is 11.6 Å². The number of hydrogen-bond acceptors (Lipinski definition) is 6. The fourth-order valence-electron chi connectivity index (χ4n) is 3.55. The van der Waals surface area contributed by atoms with Crippen LogP contribution in [-0.4, -0.2) is 42.0 Å². The highest BCUT2D eigenvalue weighted by atomic mass is 35.5. The zero-order valence-corrected chi connectivity index (χ0v) is 18.9. The smallest absolute Gasteiger partial charge is 0.264 e. The van der Waals surface area contributed by atoms with Crippen LogP contribution in [-0.2, 0) is 6.54 Å². The molecule has 0 atom stereocenters. The average molecular weight is 470 g/mol. The number of aromatic amines is 1. The minimum Gasteiger partial charge on any atom is -0.497 e. The maximum atomic E-state index is 14.5. The molecule has 3 N–H and O–H groups in total. The van der Waals surface area contributed by atoms with Gasteiger partial charge in [-0.15, -0.1) is 0 Å². The minimum atomic E-state index is -0.593. The molecule has 0 radical (unpaired) electrons. The van der Waals surface area contributed by atoms with Crippen LogP contribution in [0.25, 0.3) is 22.4 Å². The highest BCUT2D eigenvalue weighted by molar-refractivity contribution is 6.36. The second-order valence-corrected chi connectivity index (χ2v) is 7.58. The number of nitrogens with two attached hydrogens (primary N) is 1. The van der Waals surface area contributed by atoms with Gasteiger partial charge >= 0.3 is 0 Å². The number of halogens is 2. The van der Waals surface area contributed by atoms with Gasteiger partial charge in [-0.1, -0.05) is 23.7 Å². The van der Waals surface area contributed by atoms with E-state index in [1.54, 1.807) is 32.4 Å². The highest BCUT2D eigenvalue weighted by Crippen LogP contribution is 2.32. The molecule has 2 aromatic heterocycles. The number of benzene rings is 2. The Morgan fingerprint density at radius 1 is 1.21 bits per heavy atom. The molecule has 0 aliphatic rings. The SMILES string of the molecule is CN=Cc1c(N)c(Cl)c(-c2nc3c(F)cc(OC)cc3[nH]2)c(=O)n1Cc1ccc(OC)cc1. The van der Waals surface area contributed by atoms with Crippen molar-refractivity contribution in [3.63, 3.8) is 0 Å². The molecular formula is C23H21ClFN5O3. The molecular weight excluding hydrogens is 449 g/mol. The number of aliphatic imine (C=N–C) groups is 1. The summed E-state index contributed by atoms with van der Waals surface area (Å²) in [6.07, 6.45) is 1.47. The number of fused-ring (bicyclic) bond motifs is 1. The maximum absolute atomic E-state index is 14.5. The lowest BCUT2D eigenvalue weighted by Gasteiger charge is -2.16. The van der Waals surface area contributed by atoms with Crippen LogP contribution < -0.4 is 20.8 Å². The molecule has 0 saturated carbocycles. The third-order valence-electron chi connectivity index (χ3n) is 5.22. The predicted octanol–water partition coefficient (Wildman–Crippen LogP) is 3.88. The molecule has 8 nitrogen and oxygen atoms in total. The van der Waals surface area contributed by atoms with E-state index >= 15 is 0 Å². The van der Waals surface area contributed by atoms with Crippen LogP contribution in [0.15, 0.2) is 46.2 Å². The molecule has 4 aromatic rings. The van der Waals surface area contributed by atoms with E-state index in [1.165, 1.54) is 24.0 Å². The molecule has 0 aliphatic heterocycles. The van der Waals surface area contributed by atoms with Crippen molar-refractivity contribution in [1.82, 2.24) is 14.5 Å². The van der Waals surface area contributed by atoms with Crippen molar-refractivity contribution >= 4 is 34.5 Å². The molecule has 33 heavy (non-hydrogen) atoms. The van der Waals surface area contributed by atoms with E-state index in [0.717, 1.165) is 5.56 Å². The van der Waals surface area contributed by atoms with Gasteiger partial charge in [-0.25, -0.2) is 9.37 Å². The molecule has 170 valence electrons. The van der Waals surface area contributed by atoms with E-state index in [2.05, 4.69) is 15.0 Å². The zero-order chi connectivity index (χ0) is 23.7. The Balaban J connectivity index is 1.93. The summed E-state index contributed by atoms with van der Waals surface area (Å²) in [4.78, 5) is 24.9. The van der Waals surface area contributed by atoms with Crippen molar-refractivity contribution in [2.45, 2.75) is 6.54 Å². The quantitative estimate of drug-likeness (QED) is 0.417. The molecule has 0 spiro atoms. The van der Waals surface area contributed by atoms with Crippen molar-refractivity contribution in [1.29, 1.82) is 0 Å². The summed E-state index contributed by atoms with van der Waals surface area (Å²) in [5.41, 5.74) is 7.65. The number of imidazole rings is 1. The predicted molar refractivity (Wildman–Crippen MR) is 127 cm³/mol. The molecule has 0 saturated heterocycles. The van der Waals surface area contributed by atoms with Crippen molar-refractivity contribution in [3.8, 4) is 22.9 Å². The number of aromatic nitrogens is 3. The molecule has 10 heteroatoms. The second kappa shape index (κ2) is 8.95. The summed E-state index contributed by atoms with van der Waals surface area (Å²) in [5, 5.41) is 0.00677. The Hall–Kier alpha value is -3.85. The largest absolute Gasteiger partial charge is 0.497 e. The van der Waals surface area contributed by atoms with E-state index in [-0.39, 0.29) is 34.2 Å². The number of rotatable bonds is 6. The molecule has 4 rings (SSSR count). The normalized spacial score (nSPS) is 11.4. The topological polar surface area (TPSA) is 108 Å². The number of nitrogens with one attached hydrogen (secondary N) is 1. The number of ether oxygens (including phenoxy) is 2. The van der Waals surface area contributed by atoms with Gasteiger partial charge in [-0.2, -0.15) is 0 Å². The van der Waals surface area contributed by atoms with E-state index in [0.29, 0.717) is 22.7 Å². The van der Waals surface area contributed by atoms with Crippen LogP contribution in [0.3, 0.4) is 0 Å². The number of pyridine rings is 1. The van der Waals surface area contributed by atoms with Gasteiger partial charge in [0.15, 0.2) is 5.82 Å². The van der Waals surface area contributed by atoms with Crippen molar-refractivity contribution in [2.24, 2.45) is 4.99 Å². The zero-order valence-electron chi connectivity index (χ0n) is 18.1. The first kappa shape index (κ1) is 22.3. The third-order valence-corrected chi connectivity index (χ3v) is 5.61. The van der Waals surface area contributed by atoms with Gasteiger partial charge in [0.25, 0.3) is 5.56 Å². The summed E-state index contributed by atoms with van der Waals surface area (Å²) in [7, 11) is 4.58. The van der Waals surface area contributed by atoms with Crippen LogP contribution in [0.4, 0.5) is 10.1 Å². The Bertz CT molecular complexity index is 1430. The summed E-state index contributed by atoms with van der Waals surface area (Å²) in [6.45, 7) is 0.195. The van der Waals surface area contributed by atoms with Crippen molar-refractivity contribution < 1.29 is 13.9 Å². The highest BCUT2D eigenvalue weighted by Gasteiger charge is 2.23. The van der Waals surface area contributed by atoms with E-state index in [1.807, 2.05) is 12.1 Å².